The first-order chi connectivity index (χ1) is 10.4. The van der Waals surface area contributed by atoms with E-state index in [1.54, 1.807) is 6.92 Å². The number of benzene rings is 1. The van der Waals surface area contributed by atoms with Crippen molar-refractivity contribution in [1.82, 2.24) is 4.31 Å². The van der Waals surface area contributed by atoms with Gasteiger partial charge in [-0.05, 0) is 25.3 Å². The second kappa shape index (κ2) is 6.75. The predicted octanol–water partition coefficient (Wildman–Crippen LogP) is 3.25. The topological polar surface area (TPSA) is 80.5 Å². The Labute approximate surface area is 131 Å². The van der Waals surface area contributed by atoms with Gasteiger partial charge in [0.05, 0.1) is 9.82 Å². The van der Waals surface area contributed by atoms with Crippen LogP contribution in [0.5, 0.6) is 0 Å². The van der Waals surface area contributed by atoms with Crippen LogP contribution in [0.2, 0.25) is 0 Å². The van der Waals surface area contributed by atoms with Crippen LogP contribution in [0.1, 0.15) is 44.6 Å². The molecular weight excluding hydrogens is 304 g/mol. The molecule has 1 aliphatic rings. The van der Waals surface area contributed by atoms with Gasteiger partial charge in [-0.15, -0.1) is 0 Å². The van der Waals surface area contributed by atoms with Crippen LogP contribution < -0.4 is 0 Å². The average Bonchev–Trinajstić information content (AvgIpc) is 2.48. The highest BCUT2D eigenvalue weighted by atomic mass is 32.2. The van der Waals surface area contributed by atoms with Crippen LogP contribution in [0, 0.1) is 17.0 Å². The summed E-state index contributed by atoms with van der Waals surface area (Å²) in [5, 5.41) is 10.9. The number of hydrogen-bond acceptors (Lipinski definition) is 4. The molecule has 0 aromatic heterocycles. The van der Waals surface area contributed by atoms with Crippen LogP contribution in [0.3, 0.4) is 0 Å². The Morgan fingerprint density at radius 1 is 1.27 bits per heavy atom. The minimum Gasteiger partial charge on any atom is -0.258 e. The molecule has 0 amide bonds. The third-order valence-corrected chi connectivity index (χ3v) is 6.43. The van der Waals surface area contributed by atoms with E-state index in [2.05, 4.69) is 0 Å². The second-order valence-corrected chi connectivity index (χ2v) is 7.57. The first-order valence-corrected chi connectivity index (χ1v) is 9.08. The number of non-ortho nitro benzene ring substituents is 1. The Balaban J connectivity index is 2.43. The molecule has 0 aliphatic heterocycles. The van der Waals surface area contributed by atoms with Gasteiger partial charge in [-0.2, -0.15) is 4.31 Å². The Kier molecular flexibility index (Phi) is 5.18. The van der Waals surface area contributed by atoms with Crippen LogP contribution in [0.4, 0.5) is 5.69 Å². The van der Waals surface area contributed by atoms with Crippen molar-refractivity contribution in [2.45, 2.75) is 56.9 Å². The van der Waals surface area contributed by atoms with E-state index in [4.69, 9.17) is 0 Å². The summed E-state index contributed by atoms with van der Waals surface area (Å²) in [5.74, 6) is 0. The van der Waals surface area contributed by atoms with Crippen molar-refractivity contribution in [2.24, 2.45) is 0 Å². The van der Waals surface area contributed by atoms with Gasteiger partial charge in [0.25, 0.3) is 5.69 Å². The summed E-state index contributed by atoms with van der Waals surface area (Å²) in [6.07, 6.45) is 4.93. The Morgan fingerprint density at radius 2 is 1.91 bits per heavy atom. The lowest BCUT2D eigenvalue weighted by Gasteiger charge is -2.32. The van der Waals surface area contributed by atoms with Crippen molar-refractivity contribution in [3.05, 3.63) is 33.9 Å². The quantitative estimate of drug-likeness (QED) is 0.614. The summed E-state index contributed by atoms with van der Waals surface area (Å²) < 4.78 is 27.4. The van der Waals surface area contributed by atoms with E-state index in [-0.39, 0.29) is 16.6 Å². The summed E-state index contributed by atoms with van der Waals surface area (Å²) in [7, 11) is -3.71. The standard InChI is InChI=1S/C15H22N2O4S/c1-3-16(13-7-5-4-6-8-13)22(20,21)15-11-14(17(18)19)10-9-12(15)2/h9-11,13H,3-8H2,1-2H3. The molecular formula is C15H22N2O4S. The second-order valence-electron chi connectivity index (χ2n) is 5.71. The zero-order valence-electron chi connectivity index (χ0n) is 13.0. The van der Waals surface area contributed by atoms with Gasteiger partial charge in [-0.1, -0.05) is 32.3 Å². The fraction of sp³-hybridized carbons (Fsp3) is 0.600. The largest absolute Gasteiger partial charge is 0.270 e. The molecule has 0 spiro atoms. The minimum absolute atomic E-state index is 0.00223. The number of rotatable bonds is 5. The number of nitro benzene ring substituents is 1. The minimum atomic E-state index is -3.71. The van der Waals surface area contributed by atoms with Gasteiger partial charge in [0.15, 0.2) is 0 Å². The Hall–Kier alpha value is -1.47. The van der Waals surface area contributed by atoms with Gasteiger partial charge < -0.3 is 0 Å². The van der Waals surface area contributed by atoms with Gasteiger partial charge >= 0.3 is 0 Å². The number of nitrogens with zero attached hydrogens (tertiary/aromatic N) is 2. The molecule has 1 saturated carbocycles. The fourth-order valence-corrected chi connectivity index (χ4v) is 5.04. The van der Waals surface area contributed by atoms with E-state index in [1.165, 1.54) is 22.5 Å². The van der Waals surface area contributed by atoms with Gasteiger partial charge in [0.2, 0.25) is 10.0 Å². The van der Waals surface area contributed by atoms with E-state index in [0.717, 1.165) is 32.1 Å². The molecule has 0 unspecified atom stereocenters. The molecule has 0 atom stereocenters. The first-order valence-electron chi connectivity index (χ1n) is 7.64. The highest BCUT2D eigenvalue weighted by molar-refractivity contribution is 7.89. The number of aryl methyl sites for hydroxylation is 1. The molecule has 1 fully saturated rings. The smallest absolute Gasteiger partial charge is 0.258 e. The van der Waals surface area contributed by atoms with Crippen LogP contribution in [-0.4, -0.2) is 30.2 Å². The van der Waals surface area contributed by atoms with Crippen molar-refractivity contribution in [1.29, 1.82) is 0 Å². The van der Waals surface area contributed by atoms with E-state index in [9.17, 15) is 18.5 Å². The van der Waals surface area contributed by atoms with Gasteiger partial charge in [-0.3, -0.25) is 10.1 Å². The monoisotopic (exact) mass is 326 g/mol. The molecule has 1 aromatic rings. The summed E-state index contributed by atoms with van der Waals surface area (Å²) in [5.41, 5.74) is 0.351. The Morgan fingerprint density at radius 3 is 2.45 bits per heavy atom. The highest BCUT2D eigenvalue weighted by Gasteiger charge is 2.32. The molecule has 0 N–H and O–H groups in total. The number of hydrogen-bond donors (Lipinski definition) is 0. The van der Waals surface area contributed by atoms with Crippen molar-refractivity contribution in [3.63, 3.8) is 0 Å². The summed E-state index contributed by atoms with van der Waals surface area (Å²) in [6.45, 7) is 3.87. The molecule has 7 heteroatoms. The third-order valence-electron chi connectivity index (χ3n) is 4.26. The van der Waals surface area contributed by atoms with Crippen LogP contribution in [0.25, 0.3) is 0 Å². The van der Waals surface area contributed by atoms with Crippen LogP contribution in [0.15, 0.2) is 23.1 Å². The van der Waals surface area contributed by atoms with Crippen molar-refractivity contribution in [3.8, 4) is 0 Å². The predicted molar refractivity (Wildman–Crippen MR) is 84.3 cm³/mol. The summed E-state index contributed by atoms with van der Waals surface area (Å²) in [4.78, 5) is 10.4. The van der Waals surface area contributed by atoms with Crippen LogP contribution >= 0.6 is 0 Å². The first kappa shape index (κ1) is 16.9. The molecule has 0 heterocycles. The lowest BCUT2D eigenvalue weighted by atomic mass is 9.95. The maximum atomic E-state index is 13.0. The van der Waals surface area contributed by atoms with E-state index < -0.39 is 14.9 Å². The molecule has 1 aromatic carbocycles. The lowest BCUT2D eigenvalue weighted by Crippen LogP contribution is -2.41. The number of nitro groups is 1. The van der Waals surface area contributed by atoms with Crippen LogP contribution in [-0.2, 0) is 10.0 Å². The molecule has 122 valence electrons. The normalized spacial score (nSPS) is 16.9. The van der Waals surface area contributed by atoms with E-state index >= 15 is 0 Å². The molecule has 0 saturated heterocycles. The molecule has 0 bridgehead atoms. The molecule has 2 rings (SSSR count). The molecule has 0 radical (unpaired) electrons. The lowest BCUT2D eigenvalue weighted by molar-refractivity contribution is -0.385. The van der Waals surface area contributed by atoms with Crippen molar-refractivity contribution >= 4 is 15.7 Å². The SMILES string of the molecule is CCN(C1CCCCC1)S(=O)(=O)c1cc([N+](=O)[O-])ccc1C. The summed E-state index contributed by atoms with van der Waals surface area (Å²) in [6, 6.07) is 4.02. The maximum Gasteiger partial charge on any atom is 0.270 e. The molecule has 1 aliphatic carbocycles. The maximum absolute atomic E-state index is 13.0. The Bertz CT molecular complexity index is 652. The third kappa shape index (κ3) is 3.30. The fourth-order valence-electron chi connectivity index (χ4n) is 3.10. The van der Waals surface area contributed by atoms with Crippen molar-refractivity contribution in [2.75, 3.05) is 6.54 Å². The van der Waals surface area contributed by atoms with E-state index in [0.29, 0.717) is 12.1 Å². The van der Waals surface area contributed by atoms with Gasteiger partial charge in [0.1, 0.15) is 0 Å². The van der Waals surface area contributed by atoms with E-state index in [1.807, 2.05) is 6.92 Å². The van der Waals surface area contributed by atoms with Gasteiger partial charge in [0, 0.05) is 24.7 Å². The molecule has 22 heavy (non-hydrogen) atoms. The van der Waals surface area contributed by atoms with Crippen molar-refractivity contribution < 1.29 is 13.3 Å². The zero-order valence-corrected chi connectivity index (χ0v) is 13.8. The summed E-state index contributed by atoms with van der Waals surface area (Å²) >= 11 is 0. The highest BCUT2D eigenvalue weighted by Crippen LogP contribution is 2.30. The van der Waals surface area contributed by atoms with Gasteiger partial charge in [-0.25, -0.2) is 8.42 Å². The number of sulfonamides is 1. The average molecular weight is 326 g/mol. The molecule has 6 nitrogen and oxygen atoms in total. The zero-order chi connectivity index (χ0) is 16.3.